The van der Waals surface area contributed by atoms with Crippen LogP contribution in [0.1, 0.15) is 27.0 Å². The van der Waals surface area contributed by atoms with E-state index >= 15 is 0 Å². The smallest absolute Gasteiger partial charge is 0.355 e. The molecule has 0 aromatic heterocycles. The maximum Gasteiger partial charge on any atom is 0.401 e. The molecular formula is C21H20F3N3O2. The van der Waals surface area contributed by atoms with Crippen LogP contribution in [0, 0.1) is 0 Å². The summed E-state index contributed by atoms with van der Waals surface area (Å²) in [4.78, 5) is 25.1. The SMILES string of the molecule is CNC(=O)c1ccc(C=CC(=O)Nc2cccc3c2CN(CC(F)(F)F)C3)cc1. The molecule has 0 aliphatic carbocycles. The molecule has 0 saturated carbocycles. The second kappa shape index (κ2) is 8.48. The molecular weight excluding hydrogens is 383 g/mol. The molecule has 2 amide bonds. The van der Waals surface area contributed by atoms with E-state index in [0.717, 1.165) is 11.1 Å². The van der Waals surface area contributed by atoms with Crippen molar-refractivity contribution in [3.05, 3.63) is 70.8 Å². The van der Waals surface area contributed by atoms with E-state index in [1.54, 1.807) is 55.6 Å². The quantitative estimate of drug-likeness (QED) is 0.751. The molecule has 0 fully saturated rings. The summed E-state index contributed by atoms with van der Waals surface area (Å²) in [5.74, 6) is -0.584. The standard InChI is InChI=1S/C21H20F3N3O2/c1-25-20(29)15-8-5-14(6-9-15)7-10-19(28)26-18-4-2-3-16-11-27(12-17(16)18)13-21(22,23)24/h2-10H,11-13H2,1H3,(H,25,29)(H,26,28). The van der Waals surface area contributed by atoms with Crippen LogP contribution in [0.5, 0.6) is 0 Å². The summed E-state index contributed by atoms with van der Waals surface area (Å²) in [6.07, 6.45) is -1.32. The summed E-state index contributed by atoms with van der Waals surface area (Å²) in [7, 11) is 1.54. The van der Waals surface area contributed by atoms with E-state index in [2.05, 4.69) is 10.6 Å². The highest BCUT2D eigenvalue weighted by Crippen LogP contribution is 2.31. The van der Waals surface area contributed by atoms with Crippen molar-refractivity contribution in [2.75, 3.05) is 18.9 Å². The number of carbonyl (C=O) groups is 2. The molecule has 1 aliphatic rings. The average Bonchev–Trinajstić information content (AvgIpc) is 3.07. The summed E-state index contributed by atoms with van der Waals surface area (Å²) in [6.45, 7) is -0.650. The summed E-state index contributed by atoms with van der Waals surface area (Å²) in [6, 6.07) is 11.9. The first-order valence-corrected chi connectivity index (χ1v) is 8.96. The largest absolute Gasteiger partial charge is 0.401 e. The van der Waals surface area contributed by atoms with Crippen molar-refractivity contribution in [3.8, 4) is 0 Å². The highest BCUT2D eigenvalue weighted by Gasteiger charge is 2.34. The fourth-order valence-corrected chi connectivity index (χ4v) is 3.21. The first-order valence-electron chi connectivity index (χ1n) is 8.96. The molecule has 2 aromatic rings. The van der Waals surface area contributed by atoms with Crippen molar-refractivity contribution in [1.29, 1.82) is 0 Å². The number of hydrogen-bond donors (Lipinski definition) is 2. The van der Waals surface area contributed by atoms with E-state index in [-0.39, 0.29) is 24.9 Å². The molecule has 0 atom stereocenters. The van der Waals surface area contributed by atoms with Crippen molar-refractivity contribution in [1.82, 2.24) is 10.2 Å². The minimum Gasteiger partial charge on any atom is -0.355 e. The number of nitrogens with zero attached hydrogens (tertiary/aromatic N) is 1. The fourth-order valence-electron chi connectivity index (χ4n) is 3.21. The molecule has 8 heteroatoms. The van der Waals surface area contributed by atoms with Crippen LogP contribution in [0.15, 0.2) is 48.5 Å². The van der Waals surface area contributed by atoms with Crippen molar-refractivity contribution in [2.24, 2.45) is 0 Å². The number of benzene rings is 2. The van der Waals surface area contributed by atoms with Crippen LogP contribution in [0.25, 0.3) is 6.08 Å². The lowest BCUT2D eigenvalue weighted by Crippen LogP contribution is -2.30. The van der Waals surface area contributed by atoms with Gasteiger partial charge in [0.1, 0.15) is 0 Å². The van der Waals surface area contributed by atoms with Crippen LogP contribution in [0.2, 0.25) is 0 Å². The fraction of sp³-hybridized carbons (Fsp3) is 0.238. The number of halogens is 3. The van der Waals surface area contributed by atoms with Crippen molar-refractivity contribution < 1.29 is 22.8 Å². The maximum absolute atomic E-state index is 12.6. The molecule has 0 saturated heterocycles. The van der Waals surface area contributed by atoms with Crippen molar-refractivity contribution in [3.63, 3.8) is 0 Å². The van der Waals surface area contributed by atoms with Gasteiger partial charge in [0.2, 0.25) is 5.91 Å². The van der Waals surface area contributed by atoms with Gasteiger partial charge >= 0.3 is 6.18 Å². The maximum atomic E-state index is 12.6. The second-order valence-electron chi connectivity index (χ2n) is 6.73. The van der Waals surface area contributed by atoms with Gasteiger partial charge in [-0.3, -0.25) is 14.5 Å². The van der Waals surface area contributed by atoms with E-state index in [1.807, 2.05) is 0 Å². The number of hydrogen-bond acceptors (Lipinski definition) is 3. The van der Waals surface area contributed by atoms with Crippen LogP contribution >= 0.6 is 0 Å². The Morgan fingerprint density at radius 3 is 2.48 bits per heavy atom. The predicted octanol–water partition coefficient (Wildman–Crippen LogP) is 3.58. The Morgan fingerprint density at radius 1 is 1.10 bits per heavy atom. The Balaban J connectivity index is 1.64. The molecule has 5 nitrogen and oxygen atoms in total. The number of fused-ring (bicyclic) bond motifs is 1. The number of carbonyl (C=O) groups excluding carboxylic acids is 2. The van der Waals surface area contributed by atoms with Gasteiger partial charge in [-0.05, 0) is 41.0 Å². The van der Waals surface area contributed by atoms with Crippen LogP contribution in [-0.4, -0.2) is 36.5 Å². The van der Waals surface area contributed by atoms with Crippen LogP contribution in [0.4, 0.5) is 18.9 Å². The number of nitrogens with one attached hydrogen (secondary N) is 2. The Kier molecular flexibility index (Phi) is 6.03. The zero-order valence-electron chi connectivity index (χ0n) is 15.7. The molecule has 0 radical (unpaired) electrons. The van der Waals surface area contributed by atoms with Gasteiger partial charge in [0.05, 0.1) is 6.54 Å². The molecule has 0 unspecified atom stereocenters. The highest BCUT2D eigenvalue weighted by molar-refractivity contribution is 6.02. The van der Waals surface area contributed by atoms with Crippen LogP contribution in [-0.2, 0) is 17.9 Å². The van der Waals surface area contributed by atoms with Gasteiger partial charge in [0.15, 0.2) is 0 Å². The van der Waals surface area contributed by atoms with Crippen molar-refractivity contribution >= 4 is 23.6 Å². The Morgan fingerprint density at radius 2 is 1.83 bits per heavy atom. The summed E-state index contributed by atoms with van der Waals surface area (Å²) in [5.41, 5.74) is 3.24. The average molecular weight is 403 g/mol. The number of rotatable bonds is 5. The van der Waals surface area contributed by atoms with Gasteiger partial charge in [-0.2, -0.15) is 13.2 Å². The molecule has 2 N–H and O–H groups in total. The minimum absolute atomic E-state index is 0.135. The summed E-state index contributed by atoms with van der Waals surface area (Å²) < 4.78 is 37.9. The minimum atomic E-state index is -4.26. The van der Waals surface area contributed by atoms with Gasteiger partial charge < -0.3 is 10.6 Å². The second-order valence-corrected chi connectivity index (χ2v) is 6.73. The lowest BCUT2D eigenvalue weighted by Gasteiger charge is -2.16. The summed E-state index contributed by atoms with van der Waals surface area (Å²) in [5, 5.41) is 5.26. The van der Waals surface area contributed by atoms with E-state index < -0.39 is 12.7 Å². The first-order chi connectivity index (χ1) is 13.7. The van der Waals surface area contributed by atoms with E-state index in [9.17, 15) is 22.8 Å². The molecule has 1 aliphatic heterocycles. The molecule has 29 heavy (non-hydrogen) atoms. The highest BCUT2D eigenvalue weighted by atomic mass is 19.4. The predicted molar refractivity (Wildman–Crippen MR) is 104 cm³/mol. The van der Waals surface area contributed by atoms with Gasteiger partial charge in [-0.1, -0.05) is 24.3 Å². The molecule has 0 spiro atoms. The van der Waals surface area contributed by atoms with Crippen LogP contribution < -0.4 is 10.6 Å². The Labute approximate surface area is 166 Å². The third-order valence-electron chi connectivity index (χ3n) is 4.54. The molecule has 152 valence electrons. The van der Waals surface area contributed by atoms with E-state index in [1.165, 1.54) is 11.0 Å². The van der Waals surface area contributed by atoms with Gasteiger partial charge in [-0.15, -0.1) is 0 Å². The van der Waals surface area contributed by atoms with Gasteiger partial charge in [0.25, 0.3) is 5.91 Å². The lowest BCUT2D eigenvalue weighted by molar-refractivity contribution is -0.147. The zero-order valence-corrected chi connectivity index (χ0v) is 15.7. The normalized spacial score (nSPS) is 14.1. The summed E-state index contributed by atoms with van der Waals surface area (Å²) >= 11 is 0. The van der Waals surface area contributed by atoms with Gasteiger partial charge in [-0.25, -0.2) is 0 Å². The molecule has 0 bridgehead atoms. The third kappa shape index (κ3) is 5.45. The molecule has 1 heterocycles. The van der Waals surface area contributed by atoms with E-state index in [4.69, 9.17) is 0 Å². The molecule has 2 aromatic carbocycles. The topological polar surface area (TPSA) is 61.4 Å². The van der Waals surface area contributed by atoms with Crippen LogP contribution in [0.3, 0.4) is 0 Å². The number of anilines is 1. The lowest BCUT2D eigenvalue weighted by atomic mass is 10.1. The van der Waals surface area contributed by atoms with Gasteiger partial charge in [0, 0.05) is 37.5 Å². The molecule has 3 rings (SSSR count). The number of alkyl halides is 3. The third-order valence-corrected chi connectivity index (χ3v) is 4.54. The Bertz CT molecular complexity index is 937. The first kappa shape index (κ1) is 20.6. The Hall–Kier alpha value is -3.13. The van der Waals surface area contributed by atoms with E-state index in [0.29, 0.717) is 16.8 Å². The van der Waals surface area contributed by atoms with Crippen molar-refractivity contribution in [2.45, 2.75) is 19.3 Å². The number of amides is 2. The zero-order chi connectivity index (χ0) is 21.0. The monoisotopic (exact) mass is 403 g/mol.